The van der Waals surface area contributed by atoms with Gasteiger partial charge in [-0.05, 0) is 13.8 Å². The minimum atomic E-state index is 0.0569. The molecule has 6 heteroatoms. The summed E-state index contributed by atoms with van der Waals surface area (Å²) in [5.74, 6) is 0.138. The van der Waals surface area contributed by atoms with Gasteiger partial charge in [-0.15, -0.1) is 0 Å². The molecule has 1 unspecified atom stereocenters. The smallest absolute Gasteiger partial charge is 0.246 e. The van der Waals surface area contributed by atoms with Gasteiger partial charge in [0.25, 0.3) is 0 Å². The Morgan fingerprint density at radius 2 is 1.82 bits per heavy atom. The molecule has 0 spiro atoms. The van der Waals surface area contributed by atoms with Gasteiger partial charge in [-0.3, -0.25) is 14.5 Å². The zero-order chi connectivity index (χ0) is 16.1. The third-order valence-corrected chi connectivity index (χ3v) is 4.30. The van der Waals surface area contributed by atoms with Crippen LogP contribution in [0.4, 0.5) is 0 Å². The van der Waals surface area contributed by atoms with Crippen LogP contribution < -0.4 is 0 Å². The van der Waals surface area contributed by atoms with Crippen molar-refractivity contribution in [3.8, 4) is 0 Å². The van der Waals surface area contributed by atoms with E-state index in [1.807, 2.05) is 18.7 Å². The van der Waals surface area contributed by atoms with Crippen molar-refractivity contribution < 1.29 is 14.3 Å². The van der Waals surface area contributed by atoms with Crippen LogP contribution >= 0.6 is 0 Å². The number of piperazine rings is 1. The maximum Gasteiger partial charge on any atom is 0.246 e. The summed E-state index contributed by atoms with van der Waals surface area (Å²) in [6.07, 6.45) is 1.75. The third kappa shape index (κ3) is 4.55. The highest BCUT2D eigenvalue weighted by Crippen LogP contribution is 2.12. The van der Waals surface area contributed by atoms with Gasteiger partial charge in [-0.25, -0.2) is 0 Å². The van der Waals surface area contributed by atoms with Crippen LogP contribution in [0.1, 0.15) is 20.8 Å². The van der Waals surface area contributed by atoms with Crippen molar-refractivity contribution in [3.05, 3.63) is 11.6 Å². The molecular weight excluding hydrogens is 282 g/mol. The van der Waals surface area contributed by atoms with Gasteiger partial charge >= 0.3 is 0 Å². The standard InChI is InChI=1S/C16H27N3O3/c1-13(11-17-6-8-22-9-7-17)10-16(21)19-5-4-18(15(3)20)12-14(19)2/h10,14H,4-9,11-12H2,1-3H3/b13-10+. The van der Waals surface area contributed by atoms with Crippen molar-refractivity contribution in [1.82, 2.24) is 14.7 Å². The summed E-state index contributed by atoms with van der Waals surface area (Å²) in [4.78, 5) is 29.8. The molecule has 0 N–H and O–H groups in total. The van der Waals surface area contributed by atoms with Gasteiger partial charge in [0.15, 0.2) is 0 Å². The fourth-order valence-electron chi connectivity index (χ4n) is 3.02. The molecule has 0 radical (unpaired) electrons. The first kappa shape index (κ1) is 17.0. The summed E-state index contributed by atoms with van der Waals surface area (Å²) in [6.45, 7) is 11.6. The van der Waals surface area contributed by atoms with Crippen molar-refractivity contribution in [2.75, 3.05) is 52.5 Å². The largest absolute Gasteiger partial charge is 0.379 e. The summed E-state index contributed by atoms with van der Waals surface area (Å²) in [6, 6.07) is 0.0672. The number of amides is 2. The van der Waals surface area contributed by atoms with Crippen LogP contribution in [0.5, 0.6) is 0 Å². The highest BCUT2D eigenvalue weighted by molar-refractivity contribution is 5.88. The second-order valence-electron chi connectivity index (χ2n) is 6.22. The Kier molecular flexibility index (Phi) is 5.97. The SMILES string of the molecule is CC(=O)N1CCN(C(=O)/C=C(\C)CN2CCOCC2)C(C)C1. The molecule has 22 heavy (non-hydrogen) atoms. The van der Waals surface area contributed by atoms with Crippen LogP contribution in [-0.2, 0) is 14.3 Å². The zero-order valence-corrected chi connectivity index (χ0v) is 13.9. The van der Waals surface area contributed by atoms with Crippen LogP contribution in [0.25, 0.3) is 0 Å². The van der Waals surface area contributed by atoms with Crippen molar-refractivity contribution in [2.45, 2.75) is 26.8 Å². The topological polar surface area (TPSA) is 53.1 Å². The lowest BCUT2D eigenvalue weighted by molar-refractivity contribution is -0.138. The van der Waals surface area contributed by atoms with Gasteiger partial charge in [0.2, 0.25) is 11.8 Å². The van der Waals surface area contributed by atoms with Crippen LogP contribution in [0.2, 0.25) is 0 Å². The molecule has 2 aliphatic rings. The molecule has 0 aliphatic carbocycles. The van der Waals surface area contributed by atoms with Crippen LogP contribution in [0.3, 0.4) is 0 Å². The molecule has 2 aliphatic heterocycles. The number of rotatable bonds is 3. The summed E-state index contributed by atoms with van der Waals surface area (Å²) in [5, 5.41) is 0. The minimum Gasteiger partial charge on any atom is -0.379 e. The highest BCUT2D eigenvalue weighted by Gasteiger charge is 2.27. The summed E-state index contributed by atoms with van der Waals surface area (Å²) in [7, 11) is 0. The number of nitrogens with zero attached hydrogens (tertiary/aromatic N) is 3. The number of hydrogen-bond acceptors (Lipinski definition) is 4. The van der Waals surface area contributed by atoms with Crippen LogP contribution in [0, 0.1) is 0 Å². The van der Waals surface area contributed by atoms with E-state index in [2.05, 4.69) is 4.90 Å². The molecule has 6 nitrogen and oxygen atoms in total. The first-order chi connectivity index (χ1) is 10.5. The second-order valence-corrected chi connectivity index (χ2v) is 6.22. The van der Waals surface area contributed by atoms with E-state index in [0.717, 1.165) is 38.4 Å². The van der Waals surface area contributed by atoms with E-state index in [4.69, 9.17) is 4.74 Å². The summed E-state index contributed by atoms with van der Waals surface area (Å²) >= 11 is 0. The van der Waals surface area contributed by atoms with Gasteiger partial charge in [0, 0.05) is 58.3 Å². The molecule has 0 aromatic rings. The van der Waals surface area contributed by atoms with Crippen molar-refractivity contribution in [2.24, 2.45) is 0 Å². The number of morpholine rings is 1. The molecule has 124 valence electrons. The van der Waals surface area contributed by atoms with Gasteiger partial charge in [-0.2, -0.15) is 0 Å². The van der Waals surface area contributed by atoms with Crippen molar-refractivity contribution >= 4 is 11.8 Å². The maximum absolute atomic E-state index is 12.4. The molecule has 0 saturated carbocycles. The minimum absolute atomic E-state index is 0.0569. The first-order valence-corrected chi connectivity index (χ1v) is 8.00. The highest BCUT2D eigenvalue weighted by atomic mass is 16.5. The van der Waals surface area contributed by atoms with Gasteiger partial charge in [0.05, 0.1) is 13.2 Å². The van der Waals surface area contributed by atoms with E-state index in [1.165, 1.54) is 0 Å². The summed E-state index contributed by atoms with van der Waals surface area (Å²) < 4.78 is 5.33. The number of ether oxygens (including phenoxy) is 1. The Labute approximate surface area is 132 Å². The fraction of sp³-hybridized carbons (Fsp3) is 0.750. The second kappa shape index (κ2) is 7.74. The Hall–Kier alpha value is -1.40. The maximum atomic E-state index is 12.4. The normalized spacial score (nSPS) is 24.5. The zero-order valence-electron chi connectivity index (χ0n) is 13.9. The first-order valence-electron chi connectivity index (χ1n) is 8.00. The lowest BCUT2D eigenvalue weighted by Crippen LogP contribution is -2.54. The number of hydrogen-bond donors (Lipinski definition) is 0. The van der Waals surface area contributed by atoms with Gasteiger partial charge in [0.1, 0.15) is 0 Å². The predicted octanol–water partition coefficient (Wildman–Crippen LogP) is 0.344. The van der Waals surface area contributed by atoms with Crippen molar-refractivity contribution in [3.63, 3.8) is 0 Å². The Morgan fingerprint density at radius 1 is 1.14 bits per heavy atom. The van der Waals surface area contributed by atoms with Crippen LogP contribution in [0.15, 0.2) is 11.6 Å². The molecule has 0 aromatic heterocycles. The third-order valence-electron chi connectivity index (χ3n) is 4.30. The molecule has 2 fully saturated rings. The molecule has 2 saturated heterocycles. The van der Waals surface area contributed by atoms with E-state index in [-0.39, 0.29) is 17.9 Å². The predicted molar refractivity (Wildman–Crippen MR) is 84.4 cm³/mol. The monoisotopic (exact) mass is 309 g/mol. The lowest BCUT2D eigenvalue weighted by Gasteiger charge is -2.39. The molecule has 0 bridgehead atoms. The molecule has 2 heterocycles. The van der Waals surface area contributed by atoms with Crippen LogP contribution in [-0.4, -0.2) is 85.0 Å². The lowest BCUT2D eigenvalue weighted by atomic mass is 10.1. The number of carbonyl (C=O) groups is 2. The number of carbonyl (C=O) groups excluding carboxylic acids is 2. The summed E-state index contributed by atoms with van der Waals surface area (Å²) in [5.41, 5.74) is 1.08. The van der Waals surface area contributed by atoms with Gasteiger partial charge in [-0.1, -0.05) is 5.57 Å². The molecule has 2 rings (SSSR count). The Balaban J connectivity index is 1.87. The average molecular weight is 309 g/mol. The fourth-order valence-corrected chi connectivity index (χ4v) is 3.02. The van der Waals surface area contributed by atoms with E-state index < -0.39 is 0 Å². The average Bonchev–Trinajstić information content (AvgIpc) is 2.47. The van der Waals surface area contributed by atoms with Gasteiger partial charge < -0.3 is 14.5 Å². The Bertz CT molecular complexity index is 444. The van der Waals surface area contributed by atoms with E-state index in [1.54, 1.807) is 17.9 Å². The van der Waals surface area contributed by atoms with E-state index >= 15 is 0 Å². The van der Waals surface area contributed by atoms with E-state index in [9.17, 15) is 9.59 Å². The van der Waals surface area contributed by atoms with E-state index in [0.29, 0.717) is 19.6 Å². The van der Waals surface area contributed by atoms with Crippen molar-refractivity contribution in [1.29, 1.82) is 0 Å². The Morgan fingerprint density at radius 3 is 2.41 bits per heavy atom. The molecule has 2 amide bonds. The molecular formula is C16H27N3O3. The quantitative estimate of drug-likeness (QED) is 0.706. The molecule has 0 aromatic carbocycles. The molecule has 1 atom stereocenters.